The molecule has 1 heterocycles. The smallest absolute Gasteiger partial charge is 0.0538 e. The summed E-state index contributed by atoms with van der Waals surface area (Å²) < 4.78 is 2.42. The van der Waals surface area contributed by atoms with E-state index in [4.69, 9.17) is 0 Å². The second kappa shape index (κ2) is 24.9. The topological polar surface area (TPSA) is 8.17 Å². The number of para-hydroxylation sites is 2. The molecule has 0 spiro atoms. The summed E-state index contributed by atoms with van der Waals surface area (Å²) in [5.41, 5.74) is 19.5. The van der Waals surface area contributed by atoms with Crippen LogP contribution in [0.15, 0.2) is 212 Å². The normalized spacial score (nSPS) is 15.9. The quantitative estimate of drug-likeness (QED) is 0.0694. The maximum absolute atomic E-state index is 4.55. The minimum atomic E-state index is 0.463. The molecule has 2 unspecified atom stereocenters. The van der Waals surface area contributed by atoms with Gasteiger partial charge in [-0.2, -0.15) is 0 Å². The SMILES string of the molecule is C=C(C/C=C(\C=C/CCCC)N(C)c1ccccc1CC)/C(C)=C\C=C(/C)n1c2ccccc2c2cc(-c3ccc4c(c3)C3=C(C)CC(C=C3)C4Cc3ccccc3)ccc21.C=C/C=C\C.CC. The van der Waals surface area contributed by atoms with E-state index < -0.39 is 0 Å². The van der Waals surface area contributed by atoms with Gasteiger partial charge in [-0.1, -0.05) is 193 Å². The number of aromatic nitrogens is 1. The molecular formula is C66H76N2. The summed E-state index contributed by atoms with van der Waals surface area (Å²) in [7, 11) is 2.19. The first-order valence-electron chi connectivity index (χ1n) is 25.2. The van der Waals surface area contributed by atoms with E-state index in [-0.39, 0.29) is 0 Å². The van der Waals surface area contributed by atoms with Gasteiger partial charge in [-0.15, -0.1) is 0 Å². The first-order valence-corrected chi connectivity index (χ1v) is 25.2. The molecule has 9 rings (SSSR count). The summed E-state index contributed by atoms with van der Waals surface area (Å²) in [6.45, 7) is 25.2. The highest BCUT2D eigenvalue weighted by molar-refractivity contribution is 6.11. The average Bonchev–Trinajstić information content (AvgIpc) is 3.58. The lowest BCUT2D eigenvalue weighted by Gasteiger charge is -2.25. The second-order valence-corrected chi connectivity index (χ2v) is 18.0. The monoisotopic (exact) mass is 897 g/mol. The van der Waals surface area contributed by atoms with Gasteiger partial charge in [0.1, 0.15) is 0 Å². The molecule has 3 aliphatic rings. The zero-order valence-electron chi connectivity index (χ0n) is 42.7. The van der Waals surface area contributed by atoms with E-state index in [1.54, 1.807) is 6.08 Å². The molecule has 0 radical (unpaired) electrons. The Morgan fingerprint density at radius 2 is 1.53 bits per heavy atom. The van der Waals surface area contributed by atoms with Gasteiger partial charge in [0.2, 0.25) is 0 Å². The van der Waals surface area contributed by atoms with Crippen LogP contribution in [-0.2, 0) is 12.8 Å². The van der Waals surface area contributed by atoms with Crippen LogP contribution in [0.3, 0.4) is 0 Å². The summed E-state index contributed by atoms with van der Waals surface area (Å²) in [5.74, 6) is 0.990. The van der Waals surface area contributed by atoms with E-state index in [1.165, 1.54) is 102 Å². The first kappa shape index (κ1) is 50.8. The fourth-order valence-electron chi connectivity index (χ4n) is 9.76. The van der Waals surface area contributed by atoms with E-state index in [0.29, 0.717) is 11.8 Å². The van der Waals surface area contributed by atoms with Crippen LogP contribution < -0.4 is 4.90 Å². The molecule has 68 heavy (non-hydrogen) atoms. The highest BCUT2D eigenvalue weighted by Gasteiger charge is 2.32. The fraction of sp³-hybridized carbons (Fsp3) is 0.273. The van der Waals surface area contributed by atoms with Gasteiger partial charge in [0.05, 0.1) is 11.0 Å². The van der Waals surface area contributed by atoms with Gasteiger partial charge in [0.15, 0.2) is 0 Å². The Hall–Kier alpha value is -6.64. The fourth-order valence-corrected chi connectivity index (χ4v) is 9.76. The van der Waals surface area contributed by atoms with Gasteiger partial charge in [0, 0.05) is 34.9 Å². The van der Waals surface area contributed by atoms with Crippen LogP contribution in [0.1, 0.15) is 116 Å². The van der Waals surface area contributed by atoms with Crippen LogP contribution >= 0.6 is 0 Å². The maximum Gasteiger partial charge on any atom is 0.0538 e. The van der Waals surface area contributed by atoms with Gasteiger partial charge in [0.25, 0.3) is 0 Å². The number of fused-ring (bicyclic) bond motifs is 4. The molecule has 350 valence electrons. The third-order valence-corrected chi connectivity index (χ3v) is 13.6. The molecule has 5 aromatic carbocycles. The van der Waals surface area contributed by atoms with Crippen molar-refractivity contribution in [2.45, 2.75) is 106 Å². The number of unbranched alkanes of at least 4 members (excludes halogenated alkanes) is 2. The van der Waals surface area contributed by atoms with E-state index in [1.807, 2.05) is 32.9 Å². The van der Waals surface area contributed by atoms with Crippen LogP contribution in [0.5, 0.6) is 0 Å². The molecule has 1 aromatic heterocycles. The van der Waals surface area contributed by atoms with Crippen molar-refractivity contribution in [3.05, 3.63) is 234 Å². The average molecular weight is 897 g/mol. The third kappa shape index (κ3) is 11.9. The number of likely N-dealkylation sites (N-methyl/N-ethyl adjacent to an activating group) is 1. The van der Waals surface area contributed by atoms with Crippen LogP contribution in [0.25, 0.3) is 44.2 Å². The van der Waals surface area contributed by atoms with E-state index in [2.05, 4.69) is 222 Å². The number of allylic oxidation sites excluding steroid dienone is 15. The van der Waals surface area contributed by atoms with Crippen molar-refractivity contribution in [1.29, 1.82) is 0 Å². The van der Waals surface area contributed by atoms with E-state index in [9.17, 15) is 0 Å². The minimum Gasteiger partial charge on any atom is -0.345 e. The highest BCUT2D eigenvalue weighted by atomic mass is 15.1. The standard InChI is InChI=1S/C59H62N2.C5H8.C2H6/c1-8-10-11-15-23-50(60(7)57-25-18-16-22-46(57)9-2)33-28-42(4)41(3)27-29-44(6)61-58-26-19-17-24-53(58)56-40-48(32-36-59(56)61)47-30-35-52-54(38-45-20-13-12-14-21-45)49-31-34-51(43(5)37-49)55(52)39-47;1-3-5-4-2;1-2/h12-27,29-36,39-40,49,54H,4,8-11,28,37-38H2,1-3,5-7H3;3-5H,1H2,2H3;1-2H3/b23-15-,41-27-,44-29+,50-33+;5-4-;. The zero-order chi connectivity index (χ0) is 48.6. The second-order valence-electron chi connectivity index (χ2n) is 18.0. The Bertz CT molecular complexity index is 2900. The van der Waals surface area contributed by atoms with Crippen molar-refractivity contribution in [2.24, 2.45) is 5.92 Å². The molecule has 2 atom stereocenters. The molecule has 0 saturated carbocycles. The number of hydrogen-bond donors (Lipinski definition) is 0. The third-order valence-electron chi connectivity index (χ3n) is 13.6. The Balaban J connectivity index is 0.00000102. The predicted octanol–water partition coefficient (Wildman–Crippen LogP) is 19.0. The Kier molecular flexibility index (Phi) is 18.6. The van der Waals surface area contributed by atoms with Crippen molar-refractivity contribution < 1.29 is 0 Å². The summed E-state index contributed by atoms with van der Waals surface area (Å²) in [4.78, 5) is 2.33. The van der Waals surface area contributed by atoms with Crippen molar-refractivity contribution in [3.63, 3.8) is 0 Å². The van der Waals surface area contributed by atoms with Crippen molar-refractivity contribution in [1.82, 2.24) is 4.57 Å². The van der Waals surface area contributed by atoms with Gasteiger partial charge < -0.3 is 9.47 Å². The number of nitrogens with zero attached hydrogens (tertiary/aromatic N) is 2. The lowest BCUT2D eigenvalue weighted by molar-refractivity contribution is 0.502. The predicted molar refractivity (Wildman–Crippen MR) is 302 cm³/mol. The Labute approximate surface area is 410 Å². The molecule has 2 heteroatoms. The van der Waals surface area contributed by atoms with Crippen molar-refractivity contribution in [3.8, 4) is 11.1 Å². The van der Waals surface area contributed by atoms with E-state index in [0.717, 1.165) is 37.7 Å². The summed E-state index contributed by atoms with van der Waals surface area (Å²) in [6.07, 6.45) is 29.4. The lowest BCUT2D eigenvalue weighted by Crippen LogP contribution is -2.16. The summed E-state index contributed by atoms with van der Waals surface area (Å²) >= 11 is 0. The van der Waals surface area contributed by atoms with Crippen LogP contribution in [0.4, 0.5) is 5.69 Å². The van der Waals surface area contributed by atoms with E-state index >= 15 is 0 Å². The molecule has 2 bridgehead atoms. The Morgan fingerprint density at radius 1 is 0.824 bits per heavy atom. The molecular weight excluding hydrogens is 821 g/mol. The number of rotatable bonds is 16. The van der Waals surface area contributed by atoms with Crippen LogP contribution in [-0.4, -0.2) is 11.6 Å². The minimum absolute atomic E-state index is 0.463. The molecule has 0 saturated heterocycles. The number of hydrogen-bond acceptors (Lipinski definition) is 1. The summed E-state index contributed by atoms with van der Waals surface area (Å²) in [6, 6.07) is 42.9. The number of aryl methyl sites for hydroxylation is 1. The Morgan fingerprint density at radius 3 is 2.25 bits per heavy atom. The highest BCUT2D eigenvalue weighted by Crippen LogP contribution is 2.47. The van der Waals surface area contributed by atoms with Gasteiger partial charge in [-0.25, -0.2) is 0 Å². The van der Waals surface area contributed by atoms with Gasteiger partial charge in [-0.05, 0) is 164 Å². The zero-order valence-corrected chi connectivity index (χ0v) is 42.7. The first-order chi connectivity index (χ1) is 33.2. The number of benzene rings is 5. The lowest BCUT2D eigenvalue weighted by atomic mass is 9.79. The molecule has 0 amide bonds. The van der Waals surface area contributed by atoms with Crippen molar-refractivity contribution in [2.75, 3.05) is 11.9 Å². The molecule has 2 nitrogen and oxygen atoms in total. The molecule has 0 N–H and O–H groups in total. The van der Waals surface area contributed by atoms with Crippen LogP contribution in [0.2, 0.25) is 0 Å². The summed E-state index contributed by atoms with van der Waals surface area (Å²) in [5, 5.41) is 2.55. The van der Waals surface area contributed by atoms with Crippen molar-refractivity contribution >= 4 is 38.8 Å². The van der Waals surface area contributed by atoms with Gasteiger partial charge >= 0.3 is 0 Å². The molecule has 3 aliphatic carbocycles. The number of anilines is 1. The van der Waals surface area contributed by atoms with Gasteiger partial charge in [-0.3, -0.25) is 0 Å². The molecule has 0 aliphatic heterocycles. The largest absolute Gasteiger partial charge is 0.345 e. The maximum atomic E-state index is 4.55. The molecule has 0 fully saturated rings. The molecule has 6 aromatic rings. The van der Waals surface area contributed by atoms with Crippen LogP contribution in [0, 0.1) is 5.92 Å².